The van der Waals surface area contributed by atoms with Crippen LogP contribution in [0, 0.1) is 5.92 Å². The van der Waals surface area contributed by atoms with Crippen molar-refractivity contribution >= 4 is 0 Å². The Bertz CT molecular complexity index is 637. The Morgan fingerprint density at radius 2 is 1.62 bits per heavy atom. The minimum absolute atomic E-state index is 0.164. The van der Waals surface area contributed by atoms with Crippen LogP contribution in [0.1, 0.15) is 17.0 Å². The summed E-state index contributed by atoms with van der Waals surface area (Å²) in [6.45, 7) is 2.82. The monoisotopic (exact) mass is 327 g/mol. The summed E-state index contributed by atoms with van der Waals surface area (Å²) in [7, 11) is 3.37. The van der Waals surface area contributed by atoms with Gasteiger partial charge in [0, 0.05) is 43.6 Å². The van der Waals surface area contributed by atoms with Crippen molar-refractivity contribution in [3.05, 3.63) is 59.7 Å². The lowest BCUT2D eigenvalue weighted by molar-refractivity contribution is 0.212. The fourth-order valence-corrected chi connectivity index (χ4v) is 3.69. The predicted octanol–water partition coefficient (Wildman–Crippen LogP) is 2.91. The Morgan fingerprint density at radius 3 is 2.21 bits per heavy atom. The van der Waals surface area contributed by atoms with Crippen LogP contribution in [-0.4, -0.2) is 43.9 Å². The van der Waals surface area contributed by atoms with Crippen LogP contribution in [0.25, 0.3) is 0 Å². The van der Waals surface area contributed by atoms with Crippen molar-refractivity contribution in [2.75, 3.05) is 33.9 Å². The van der Waals surface area contributed by atoms with E-state index in [0.717, 1.165) is 36.7 Å². The predicted molar refractivity (Wildman–Crippen MR) is 94.6 cm³/mol. The molecular weight excluding hydrogens is 302 g/mol. The van der Waals surface area contributed by atoms with E-state index in [2.05, 4.69) is 29.2 Å². The lowest BCUT2D eigenvalue weighted by Crippen LogP contribution is -2.20. The van der Waals surface area contributed by atoms with Crippen molar-refractivity contribution in [2.45, 2.75) is 12.5 Å². The molecule has 2 atom stereocenters. The molecule has 1 heterocycles. The van der Waals surface area contributed by atoms with Gasteiger partial charge < -0.3 is 14.6 Å². The molecule has 0 aromatic heterocycles. The van der Waals surface area contributed by atoms with Crippen molar-refractivity contribution in [2.24, 2.45) is 5.92 Å². The molecule has 0 radical (unpaired) electrons. The van der Waals surface area contributed by atoms with Gasteiger partial charge in [-0.05, 0) is 17.7 Å². The number of aliphatic hydroxyl groups excluding tert-OH is 1. The first-order valence-electron chi connectivity index (χ1n) is 8.34. The summed E-state index contributed by atoms with van der Waals surface area (Å²) in [5, 5.41) is 9.90. The fourth-order valence-electron chi connectivity index (χ4n) is 3.69. The zero-order valence-electron chi connectivity index (χ0n) is 14.3. The van der Waals surface area contributed by atoms with Gasteiger partial charge in [0.15, 0.2) is 0 Å². The van der Waals surface area contributed by atoms with Crippen LogP contribution in [-0.2, 0) is 6.54 Å². The second-order valence-electron chi connectivity index (χ2n) is 6.31. The second-order valence-corrected chi connectivity index (χ2v) is 6.31. The molecule has 2 aromatic carbocycles. The first-order chi connectivity index (χ1) is 11.8. The molecule has 2 aromatic rings. The summed E-state index contributed by atoms with van der Waals surface area (Å²) in [6.07, 6.45) is 0. The summed E-state index contributed by atoms with van der Waals surface area (Å²) in [5.41, 5.74) is 2.36. The van der Waals surface area contributed by atoms with Gasteiger partial charge in [-0.25, -0.2) is 0 Å². The Kier molecular flexibility index (Phi) is 5.38. The highest BCUT2D eigenvalue weighted by Crippen LogP contribution is 2.42. The third kappa shape index (κ3) is 3.40. The zero-order valence-corrected chi connectivity index (χ0v) is 14.3. The molecule has 0 spiro atoms. The molecule has 1 aliphatic rings. The van der Waals surface area contributed by atoms with E-state index in [1.807, 2.05) is 24.3 Å². The molecule has 0 amide bonds. The lowest BCUT2D eigenvalue weighted by atomic mass is 9.88. The lowest BCUT2D eigenvalue weighted by Gasteiger charge is -2.22. The van der Waals surface area contributed by atoms with Crippen molar-refractivity contribution in [1.29, 1.82) is 0 Å². The average Bonchev–Trinajstić information content (AvgIpc) is 3.04. The SMILES string of the molecule is COc1cccc(OC)c1[C@H]1CN(Cc2ccccc2)C[C@H]1CO. The zero-order chi connectivity index (χ0) is 16.9. The highest BCUT2D eigenvalue weighted by atomic mass is 16.5. The third-order valence-electron chi connectivity index (χ3n) is 4.84. The maximum Gasteiger partial charge on any atom is 0.126 e. The van der Waals surface area contributed by atoms with E-state index in [0.29, 0.717) is 0 Å². The minimum Gasteiger partial charge on any atom is -0.496 e. The Balaban J connectivity index is 1.85. The van der Waals surface area contributed by atoms with E-state index < -0.39 is 0 Å². The maximum absolute atomic E-state index is 9.90. The van der Waals surface area contributed by atoms with Gasteiger partial charge in [-0.3, -0.25) is 4.90 Å². The molecule has 0 unspecified atom stereocenters. The molecule has 1 fully saturated rings. The summed E-state index contributed by atoms with van der Waals surface area (Å²) in [4.78, 5) is 2.40. The molecule has 1 saturated heterocycles. The summed E-state index contributed by atoms with van der Waals surface area (Å²) < 4.78 is 11.1. The quantitative estimate of drug-likeness (QED) is 0.886. The third-order valence-corrected chi connectivity index (χ3v) is 4.84. The van der Waals surface area contributed by atoms with Crippen LogP contribution in [0.4, 0.5) is 0 Å². The van der Waals surface area contributed by atoms with Crippen LogP contribution in [0.3, 0.4) is 0 Å². The number of hydrogen-bond donors (Lipinski definition) is 1. The smallest absolute Gasteiger partial charge is 0.126 e. The molecule has 128 valence electrons. The molecule has 0 bridgehead atoms. The second kappa shape index (κ2) is 7.69. The standard InChI is InChI=1S/C20H25NO3/c1-23-18-9-6-10-19(24-2)20(18)17-13-21(12-16(17)14-22)11-15-7-4-3-5-8-15/h3-10,16-17,22H,11-14H2,1-2H3/t16-,17-/m0/s1. The highest BCUT2D eigenvalue weighted by Gasteiger charge is 2.36. The van der Waals surface area contributed by atoms with Crippen LogP contribution in [0.2, 0.25) is 0 Å². The van der Waals surface area contributed by atoms with E-state index in [1.165, 1.54) is 5.56 Å². The Labute approximate surface area is 143 Å². The molecule has 0 aliphatic carbocycles. The van der Waals surface area contributed by atoms with E-state index in [4.69, 9.17) is 9.47 Å². The number of nitrogens with zero attached hydrogens (tertiary/aromatic N) is 1. The van der Waals surface area contributed by atoms with Crippen molar-refractivity contribution in [3.8, 4) is 11.5 Å². The number of methoxy groups -OCH3 is 2. The molecule has 4 nitrogen and oxygen atoms in total. The highest BCUT2D eigenvalue weighted by molar-refractivity contribution is 5.48. The van der Waals surface area contributed by atoms with E-state index >= 15 is 0 Å². The average molecular weight is 327 g/mol. The first kappa shape index (κ1) is 16.8. The first-order valence-corrected chi connectivity index (χ1v) is 8.34. The van der Waals surface area contributed by atoms with Gasteiger partial charge >= 0.3 is 0 Å². The number of aliphatic hydroxyl groups is 1. The van der Waals surface area contributed by atoms with Crippen LogP contribution in [0.15, 0.2) is 48.5 Å². The van der Waals surface area contributed by atoms with E-state index in [1.54, 1.807) is 14.2 Å². The largest absolute Gasteiger partial charge is 0.496 e. The Hall–Kier alpha value is -2.04. The molecule has 1 aliphatic heterocycles. The van der Waals surface area contributed by atoms with Crippen LogP contribution in [0.5, 0.6) is 11.5 Å². The minimum atomic E-state index is 0.164. The molecular formula is C20H25NO3. The topological polar surface area (TPSA) is 41.9 Å². The fraction of sp³-hybridized carbons (Fsp3) is 0.400. The molecule has 3 rings (SSSR count). The van der Waals surface area contributed by atoms with Gasteiger partial charge in [0.25, 0.3) is 0 Å². The number of likely N-dealkylation sites (tertiary alicyclic amines) is 1. The van der Waals surface area contributed by atoms with Crippen molar-refractivity contribution in [1.82, 2.24) is 4.90 Å². The number of benzene rings is 2. The van der Waals surface area contributed by atoms with Crippen molar-refractivity contribution in [3.63, 3.8) is 0 Å². The van der Waals surface area contributed by atoms with Gasteiger partial charge in [-0.15, -0.1) is 0 Å². The van der Waals surface area contributed by atoms with Crippen molar-refractivity contribution < 1.29 is 14.6 Å². The number of rotatable bonds is 6. The maximum atomic E-state index is 9.90. The number of ether oxygens (including phenoxy) is 2. The van der Waals surface area contributed by atoms with Crippen LogP contribution >= 0.6 is 0 Å². The van der Waals surface area contributed by atoms with E-state index in [-0.39, 0.29) is 18.4 Å². The number of hydrogen-bond acceptors (Lipinski definition) is 4. The van der Waals surface area contributed by atoms with Gasteiger partial charge in [0.2, 0.25) is 0 Å². The Morgan fingerprint density at radius 1 is 0.958 bits per heavy atom. The van der Waals surface area contributed by atoms with E-state index in [9.17, 15) is 5.11 Å². The van der Waals surface area contributed by atoms with Gasteiger partial charge in [-0.2, -0.15) is 0 Å². The normalized spacial score (nSPS) is 21.0. The van der Waals surface area contributed by atoms with Gasteiger partial charge in [0.05, 0.1) is 14.2 Å². The summed E-state index contributed by atoms with van der Waals surface area (Å²) >= 11 is 0. The van der Waals surface area contributed by atoms with Crippen LogP contribution < -0.4 is 9.47 Å². The summed E-state index contributed by atoms with van der Waals surface area (Å²) in [6, 6.07) is 16.3. The van der Waals surface area contributed by atoms with Gasteiger partial charge in [0.1, 0.15) is 11.5 Å². The summed E-state index contributed by atoms with van der Waals surface area (Å²) in [5.74, 6) is 2.04. The molecule has 0 saturated carbocycles. The molecule has 1 N–H and O–H groups in total. The van der Waals surface area contributed by atoms with Gasteiger partial charge in [-0.1, -0.05) is 36.4 Å². The molecule has 4 heteroatoms. The molecule has 24 heavy (non-hydrogen) atoms.